The number of aryl methyl sites for hydroxylation is 1. The van der Waals surface area contributed by atoms with Crippen molar-refractivity contribution >= 4 is 34.2 Å². The lowest BCUT2D eigenvalue weighted by molar-refractivity contribution is -0.116. The van der Waals surface area contributed by atoms with Crippen molar-refractivity contribution in [3.05, 3.63) is 87.6 Å². The summed E-state index contributed by atoms with van der Waals surface area (Å²) in [4.78, 5) is 29.8. The molecule has 0 spiro atoms. The molecular weight excluding hydrogens is 390 g/mol. The van der Waals surface area contributed by atoms with E-state index in [4.69, 9.17) is 11.6 Å². The molecule has 0 bridgehead atoms. The number of para-hydroxylation sites is 1. The first-order valence-corrected chi connectivity index (χ1v) is 9.41. The molecule has 146 valence electrons. The number of hydrogen-bond acceptors (Lipinski definition) is 4. The number of aromatic nitrogens is 4. The molecule has 0 unspecified atom stereocenters. The van der Waals surface area contributed by atoms with Crippen molar-refractivity contribution in [3.8, 4) is 0 Å². The molecule has 0 aliphatic rings. The normalized spacial score (nSPS) is 11.0. The predicted molar refractivity (Wildman–Crippen MR) is 112 cm³/mol. The van der Waals surface area contributed by atoms with Crippen molar-refractivity contribution in [2.45, 2.75) is 20.0 Å². The number of anilines is 1. The highest BCUT2D eigenvalue weighted by Crippen LogP contribution is 2.14. The van der Waals surface area contributed by atoms with Gasteiger partial charge in [-0.1, -0.05) is 35.9 Å². The highest BCUT2D eigenvalue weighted by Gasteiger charge is 2.13. The number of amides is 1. The van der Waals surface area contributed by atoms with E-state index in [-0.39, 0.29) is 18.0 Å². The number of rotatable bonds is 5. The van der Waals surface area contributed by atoms with Gasteiger partial charge in [0.15, 0.2) is 0 Å². The summed E-state index contributed by atoms with van der Waals surface area (Å²) in [6.07, 6.45) is 1.61. The van der Waals surface area contributed by atoms with E-state index in [0.29, 0.717) is 34.1 Å². The molecule has 4 rings (SSSR count). The van der Waals surface area contributed by atoms with E-state index < -0.39 is 0 Å². The SMILES string of the molecule is Cc1nc2ccccc2c(=O)n1CC(=O)Nc1ccnn1Cc1ccc(Cl)cc1. The summed E-state index contributed by atoms with van der Waals surface area (Å²) in [7, 11) is 0. The van der Waals surface area contributed by atoms with Gasteiger partial charge < -0.3 is 5.32 Å². The highest BCUT2D eigenvalue weighted by molar-refractivity contribution is 6.30. The smallest absolute Gasteiger partial charge is 0.261 e. The summed E-state index contributed by atoms with van der Waals surface area (Å²) in [5.74, 6) is 0.702. The zero-order valence-corrected chi connectivity index (χ0v) is 16.4. The quantitative estimate of drug-likeness (QED) is 0.550. The van der Waals surface area contributed by atoms with Crippen LogP contribution in [0.3, 0.4) is 0 Å². The Kier molecular flexibility index (Phi) is 5.14. The Morgan fingerprint density at radius 2 is 1.86 bits per heavy atom. The van der Waals surface area contributed by atoms with Gasteiger partial charge in [-0.05, 0) is 36.8 Å². The van der Waals surface area contributed by atoms with Crippen LogP contribution < -0.4 is 10.9 Å². The van der Waals surface area contributed by atoms with Gasteiger partial charge in [0.25, 0.3) is 5.56 Å². The van der Waals surface area contributed by atoms with E-state index in [9.17, 15) is 9.59 Å². The number of nitrogens with zero attached hydrogens (tertiary/aromatic N) is 4. The first-order chi connectivity index (χ1) is 14.0. The summed E-state index contributed by atoms with van der Waals surface area (Å²) in [5, 5.41) is 8.22. The van der Waals surface area contributed by atoms with Crippen LogP contribution in [0.2, 0.25) is 5.02 Å². The van der Waals surface area contributed by atoms with Gasteiger partial charge in [0, 0.05) is 11.1 Å². The van der Waals surface area contributed by atoms with Crippen LogP contribution in [0.15, 0.2) is 65.6 Å². The Morgan fingerprint density at radius 3 is 2.66 bits per heavy atom. The molecule has 29 heavy (non-hydrogen) atoms. The molecule has 1 amide bonds. The van der Waals surface area contributed by atoms with Gasteiger partial charge >= 0.3 is 0 Å². The topological polar surface area (TPSA) is 81.8 Å². The van der Waals surface area contributed by atoms with Gasteiger partial charge in [-0.25, -0.2) is 9.67 Å². The van der Waals surface area contributed by atoms with Gasteiger partial charge in [0.1, 0.15) is 18.2 Å². The minimum atomic E-state index is -0.329. The van der Waals surface area contributed by atoms with Crippen LogP contribution in [0.5, 0.6) is 0 Å². The molecule has 0 saturated carbocycles. The number of carbonyl (C=O) groups excluding carboxylic acids is 1. The Labute approximate surface area is 171 Å². The molecule has 7 nitrogen and oxygen atoms in total. The summed E-state index contributed by atoms with van der Waals surface area (Å²) in [6, 6.07) is 16.2. The van der Waals surface area contributed by atoms with E-state index in [1.807, 2.05) is 18.2 Å². The molecule has 2 heterocycles. The lowest BCUT2D eigenvalue weighted by atomic mass is 10.2. The van der Waals surface area contributed by atoms with Crippen molar-refractivity contribution in [1.82, 2.24) is 19.3 Å². The first kappa shape index (κ1) is 18.9. The molecule has 0 radical (unpaired) electrons. The molecule has 0 aliphatic heterocycles. The van der Waals surface area contributed by atoms with Crippen LogP contribution in [0.1, 0.15) is 11.4 Å². The number of carbonyl (C=O) groups is 1. The second-order valence-corrected chi connectivity index (χ2v) is 7.05. The van der Waals surface area contributed by atoms with Gasteiger partial charge in [-0.3, -0.25) is 14.2 Å². The largest absolute Gasteiger partial charge is 0.309 e. The Morgan fingerprint density at radius 1 is 1.10 bits per heavy atom. The molecule has 0 atom stereocenters. The number of halogens is 1. The van der Waals surface area contributed by atoms with Crippen LogP contribution in [-0.4, -0.2) is 25.2 Å². The van der Waals surface area contributed by atoms with Gasteiger partial charge in [0.05, 0.1) is 23.6 Å². The average Bonchev–Trinajstić information content (AvgIpc) is 3.13. The summed E-state index contributed by atoms with van der Waals surface area (Å²) >= 11 is 5.92. The summed E-state index contributed by atoms with van der Waals surface area (Å²) in [5.41, 5.74) is 1.38. The molecule has 0 aliphatic carbocycles. The Hall–Kier alpha value is -3.45. The summed E-state index contributed by atoms with van der Waals surface area (Å²) in [6.45, 7) is 2.07. The third-order valence-electron chi connectivity index (χ3n) is 4.58. The maximum atomic E-state index is 12.7. The van der Waals surface area contributed by atoms with E-state index >= 15 is 0 Å². The van der Waals surface area contributed by atoms with Crippen LogP contribution >= 0.6 is 11.6 Å². The first-order valence-electron chi connectivity index (χ1n) is 9.03. The zero-order valence-electron chi connectivity index (χ0n) is 15.7. The van der Waals surface area contributed by atoms with Gasteiger partial charge in [0.2, 0.25) is 5.91 Å². The second-order valence-electron chi connectivity index (χ2n) is 6.62. The zero-order chi connectivity index (χ0) is 20.4. The van der Waals surface area contributed by atoms with E-state index in [2.05, 4.69) is 15.4 Å². The molecule has 2 aromatic carbocycles. The van der Waals surface area contributed by atoms with E-state index in [1.54, 1.807) is 54.2 Å². The van der Waals surface area contributed by atoms with Crippen LogP contribution in [0.4, 0.5) is 5.82 Å². The van der Waals surface area contributed by atoms with Gasteiger partial charge in [-0.2, -0.15) is 5.10 Å². The van der Waals surface area contributed by atoms with Crippen molar-refractivity contribution in [2.24, 2.45) is 0 Å². The Balaban J connectivity index is 1.53. The van der Waals surface area contributed by atoms with Crippen LogP contribution in [-0.2, 0) is 17.9 Å². The fourth-order valence-electron chi connectivity index (χ4n) is 3.12. The lowest BCUT2D eigenvalue weighted by Crippen LogP contribution is -2.30. The van der Waals surface area contributed by atoms with Crippen molar-refractivity contribution < 1.29 is 4.79 Å². The van der Waals surface area contributed by atoms with Gasteiger partial charge in [-0.15, -0.1) is 0 Å². The highest BCUT2D eigenvalue weighted by atomic mass is 35.5. The molecule has 4 aromatic rings. The third-order valence-corrected chi connectivity index (χ3v) is 4.84. The minimum Gasteiger partial charge on any atom is -0.309 e. The fourth-order valence-corrected chi connectivity index (χ4v) is 3.24. The standard InChI is InChI=1S/C21H18ClN5O2/c1-14-24-18-5-3-2-4-17(18)21(29)26(14)13-20(28)25-19-10-11-23-27(19)12-15-6-8-16(22)9-7-15/h2-11H,12-13H2,1H3,(H,25,28). The minimum absolute atomic E-state index is 0.130. The Bertz CT molecular complexity index is 1240. The number of benzene rings is 2. The number of nitrogens with one attached hydrogen (secondary N) is 1. The van der Waals surface area contributed by atoms with Crippen LogP contribution in [0, 0.1) is 6.92 Å². The average molecular weight is 408 g/mol. The monoisotopic (exact) mass is 407 g/mol. The maximum absolute atomic E-state index is 12.7. The molecule has 2 aromatic heterocycles. The fraction of sp³-hybridized carbons (Fsp3) is 0.143. The van der Waals surface area contributed by atoms with E-state index in [1.165, 1.54) is 4.57 Å². The lowest BCUT2D eigenvalue weighted by Gasteiger charge is -2.12. The molecule has 1 N–H and O–H groups in total. The van der Waals surface area contributed by atoms with E-state index in [0.717, 1.165) is 5.56 Å². The third kappa shape index (κ3) is 4.05. The molecule has 0 fully saturated rings. The van der Waals surface area contributed by atoms with Crippen molar-refractivity contribution in [2.75, 3.05) is 5.32 Å². The molecule has 0 saturated heterocycles. The number of hydrogen-bond donors (Lipinski definition) is 1. The van der Waals surface area contributed by atoms with Crippen molar-refractivity contribution in [1.29, 1.82) is 0 Å². The molecular formula is C21H18ClN5O2. The maximum Gasteiger partial charge on any atom is 0.261 e. The second kappa shape index (κ2) is 7.89. The predicted octanol–water partition coefficient (Wildman–Crippen LogP) is 3.24. The van der Waals surface area contributed by atoms with Crippen molar-refractivity contribution in [3.63, 3.8) is 0 Å². The molecule has 8 heteroatoms. The summed E-state index contributed by atoms with van der Waals surface area (Å²) < 4.78 is 3.05. The van der Waals surface area contributed by atoms with Crippen LogP contribution in [0.25, 0.3) is 10.9 Å². The number of fused-ring (bicyclic) bond motifs is 1.